The number of pyridine rings is 1. The Labute approximate surface area is 211 Å². The number of halogens is 1. The topological polar surface area (TPSA) is 114 Å². The summed E-state index contributed by atoms with van der Waals surface area (Å²) in [6.45, 7) is 4.09. The Morgan fingerprint density at radius 3 is 2.67 bits per heavy atom. The summed E-state index contributed by atoms with van der Waals surface area (Å²) in [5, 5.41) is 16.7. The molecule has 1 atom stereocenters. The Morgan fingerprint density at radius 1 is 1.19 bits per heavy atom. The zero-order valence-electron chi connectivity index (χ0n) is 21.0. The van der Waals surface area contributed by atoms with Crippen LogP contribution in [-0.4, -0.2) is 66.6 Å². The van der Waals surface area contributed by atoms with E-state index in [9.17, 15) is 9.65 Å². The van der Waals surface area contributed by atoms with Crippen LogP contribution in [0.5, 0.6) is 5.88 Å². The number of nitrogens with one attached hydrogen (secondary N) is 2. The van der Waals surface area contributed by atoms with Crippen LogP contribution in [0.25, 0.3) is 11.3 Å². The molecule has 0 spiro atoms. The molecule has 9 nitrogen and oxygen atoms in total. The molecule has 1 aliphatic carbocycles. The smallest absolute Gasteiger partial charge is 0.232 e. The second-order valence-corrected chi connectivity index (χ2v) is 9.80. The molecule has 36 heavy (non-hydrogen) atoms. The van der Waals surface area contributed by atoms with Crippen LogP contribution in [0, 0.1) is 22.6 Å². The molecule has 2 fully saturated rings. The molecule has 2 aromatic rings. The van der Waals surface area contributed by atoms with Crippen molar-refractivity contribution in [3.05, 3.63) is 30.5 Å². The first kappa shape index (κ1) is 26.2. The summed E-state index contributed by atoms with van der Waals surface area (Å²) in [5.74, 6) is 0.382. The normalized spacial score (nSPS) is 22.4. The van der Waals surface area contributed by atoms with Crippen LogP contribution in [0.15, 0.2) is 24.7 Å². The lowest BCUT2D eigenvalue weighted by Gasteiger charge is -2.31. The van der Waals surface area contributed by atoms with Gasteiger partial charge in [-0.05, 0) is 51.5 Å². The Morgan fingerprint density at radius 2 is 1.94 bits per heavy atom. The Balaban J connectivity index is 1.37. The molecule has 10 heteroatoms. The SMILES string of the molecule is COC[C@H](C)NC1CCC(Nc2cc(-c3cncc(OCC4(C#N)CCOCC4)n3)c(F)cn2)CC1. The molecule has 2 aliphatic rings. The number of aromatic nitrogens is 3. The van der Waals surface area contributed by atoms with E-state index in [0.29, 0.717) is 61.8 Å². The third kappa shape index (κ3) is 6.87. The molecule has 3 heterocycles. The fourth-order valence-electron chi connectivity index (χ4n) is 4.84. The molecule has 0 bridgehead atoms. The van der Waals surface area contributed by atoms with Gasteiger partial charge in [-0.2, -0.15) is 5.26 Å². The van der Waals surface area contributed by atoms with Crippen molar-refractivity contribution in [3.8, 4) is 23.2 Å². The summed E-state index contributed by atoms with van der Waals surface area (Å²) in [7, 11) is 1.72. The van der Waals surface area contributed by atoms with Crippen LogP contribution in [0.4, 0.5) is 10.2 Å². The second-order valence-electron chi connectivity index (χ2n) is 9.80. The van der Waals surface area contributed by atoms with E-state index in [1.165, 1.54) is 18.6 Å². The monoisotopic (exact) mass is 498 g/mol. The molecule has 0 radical (unpaired) electrons. The summed E-state index contributed by atoms with van der Waals surface area (Å²) >= 11 is 0. The number of nitrogens with zero attached hydrogens (tertiary/aromatic N) is 4. The van der Waals surface area contributed by atoms with Gasteiger partial charge in [0, 0.05) is 44.0 Å². The zero-order valence-corrected chi connectivity index (χ0v) is 21.0. The number of hydrogen-bond donors (Lipinski definition) is 2. The number of nitriles is 1. The lowest BCUT2D eigenvalue weighted by Crippen LogP contribution is -2.42. The Kier molecular flexibility index (Phi) is 9.02. The number of rotatable bonds is 10. The third-order valence-electron chi connectivity index (χ3n) is 6.94. The molecule has 4 rings (SSSR count). The van der Waals surface area contributed by atoms with Crippen LogP contribution in [0.3, 0.4) is 0 Å². The first-order valence-electron chi connectivity index (χ1n) is 12.6. The van der Waals surface area contributed by atoms with E-state index >= 15 is 0 Å². The molecular formula is C26H35FN6O3. The van der Waals surface area contributed by atoms with E-state index in [2.05, 4.69) is 38.6 Å². The van der Waals surface area contributed by atoms with Gasteiger partial charge < -0.3 is 24.8 Å². The van der Waals surface area contributed by atoms with Gasteiger partial charge in [0.1, 0.15) is 12.4 Å². The molecule has 2 aromatic heterocycles. The van der Waals surface area contributed by atoms with Gasteiger partial charge in [0.15, 0.2) is 5.82 Å². The van der Waals surface area contributed by atoms with E-state index in [4.69, 9.17) is 14.2 Å². The lowest BCUT2D eigenvalue weighted by molar-refractivity contribution is 0.0182. The summed E-state index contributed by atoms with van der Waals surface area (Å²) in [5.41, 5.74) is 0.0504. The molecule has 0 amide bonds. The van der Waals surface area contributed by atoms with Crippen molar-refractivity contribution in [1.82, 2.24) is 20.3 Å². The average Bonchev–Trinajstić information content (AvgIpc) is 2.90. The number of methoxy groups -OCH3 is 1. The fourth-order valence-corrected chi connectivity index (χ4v) is 4.84. The fraction of sp³-hybridized carbons (Fsp3) is 0.615. The predicted molar refractivity (Wildman–Crippen MR) is 133 cm³/mol. The van der Waals surface area contributed by atoms with Gasteiger partial charge in [-0.25, -0.2) is 14.4 Å². The minimum Gasteiger partial charge on any atom is -0.475 e. The summed E-state index contributed by atoms with van der Waals surface area (Å²) in [6, 6.07) is 5.11. The second kappa shape index (κ2) is 12.4. The van der Waals surface area contributed by atoms with Gasteiger partial charge >= 0.3 is 0 Å². The van der Waals surface area contributed by atoms with Crippen molar-refractivity contribution < 1.29 is 18.6 Å². The van der Waals surface area contributed by atoms with Crippen molar-refractivity contribution in [1.29, 1.82) is 5.26 Å². The maximum atomic E-state index is 14.7. The Hall–Kier alpha value is -2.87. The molecular weight excluding hydrogens is 463 g/mol. The summed E-state index contributed by atoms with van der Waals surface area (Å²) in [4.78, 5) is 12.9. The van der Waals surface area contributed by atoms with E-state index in [1.807, 2.05) is 0 Å². The predicted octanol–water partition coefficient (Wildman–Crippen LogP) is 3.72. The summed E-state index contributed by atoms with van der Waals surface area (Å²) < 4.78 is 31.1. The molecule has 1 aliphatic heterocycles. The van der Waals surface area contributed by atoms with Crippen molar-refractivity contribution in [3.63, 3.8) is 0 Å². The molecule has 194 valence electrons. The van der Waals surface area contributed by atoms with E-state index in [-0.39, 0.29) is 18.5 Å². The highest BCUT2D eigenvalue weighted by atomic mass is 19.1. The maximum absolute atomic E-state index is 14.7. The molecule has 1 saturated heterocycles. The molecule has 1 saturated carbocycles. The average molecular weight is 499 g/mol. The van der Waals surface area contributed by atoms with Crippen LogP contribution < -0.4 is 15.4 Å². The highest BCUT2D eigenvalue weighted by Crippen LogP contribution is 2.31. The van der Waals surface area contributed by atoms with Gasteiger partial charge in [-0.15, -0.1) is 0 Å². The highest BCUT2D eigenvalue weighted by molar-refractivity contribution is 5.63. The number of hydrogen-bond acceptors (Lipinski definition) is 9. The molecule has 2 N–H and O–H groups in total. The first-order chi connectivity index (χ1) is 17.5. The standard InChI is InChI=1S/C26H35FN6O3/c1-18(15-34-2)31-19-3-5-20(6-4-19)32-24-11-21(22(27)12-30-24)23-13-29-14-25(33-23)36-17-26(16-28)7-9-35-10-8-26/h11-14,18-20,31H,3-10,15,17H2,1-2H3,(H,30,32)/t18-,19?,20?/m0/s1. The van der Waals surface area contributed by atoms with Crippen LogP contribution in [0.2, 0.25) is 0 Å². The largest absolute Gasteiger partial charge is 0.475 e. The number of anilines is 1. The molecule has 0 aromatic carbocycles. The van der Waals surface area contributed by atoms with E-state index < -0.39 is 11.2 Å². The van der Waals surface area contributed by atoms with Gasteiger partial charge in [-0.3, -0.25) is 4.98 Å². The minimum absolute atomic E-state index is 0.193. The van der Waals surface area contributed by atoms with Gasteiger partial charge in [0.05, 0.1) is 42.4 Å². The van der Waals surface area contributed by atoms with Crippen molar-refractivity contribution in [2.45, 2.75) is 63.6 Å². The highest BCUT2D eigenvalue weighted by Gasteiger charge is 2.34. The zero-order chi connectivity index (χ0) is 25.4. The molecule has 0 unspecified atom stereocenters. The third-order valence-corrected chi connectivity index (χ3v) is 6.94. The van der Waals surface area contributed by atoms with Crippen LogP contribution >= 0.6 is 0 Å². The quantitative estimate of drug-likeness (QED) is 0.506. The Bertz CT molecular complexity index is 1030. The van der Waals surface area contributed by atoms with Crippen molar-refractivity contribution >= 4 is 5.82 Å². The van der Waals surface area contributed by atoms with Gasteiger partial charge in [0.2, 0.25) is 5.88 Å². The number of ether oxygens (including phenoxy) is 3. The first-order valence-corrected chi connectivity index (χ1v) is 12.6. The summed E-state index contributed by atoms with van der Waals surface area (Å²) in [6.07, 6.45) is 9.51. The van der Waals surface area contributed by atoms with E-state index in [0.717, 1.165) is 25.7 Å². The van der Waals surface area contributed by atoms with Gasteiger partial charge in [-0.1, -0.05) is 0 Å². The minimum atomic E-state index is -0.606. The van der Waals surface area contributed by atoms with E-state index in [1.54, 1.807) is 13.2 Å². The van der Waals surface area contributed by atoms with Crippen molar-refractivity contribution in [2.24, 2.45) is 5.41 Å². The van der Waals surface area contributed by atoms with Crippen LogP contribution in [-0.2, 0) is 9.47 Å². The van der Waals surface area contributed by atoms with Crippen LogP contribution in [0.1, 0.15) is 45.4 Å². The van der Waals surface area contributed by atoms with Gasteiger partial charge in [0.25, 0.3) is 0 Å². The lowest BCUT2D eigenvalue weighted by atomic mass is 9.83. The van der Waals surface area contributed by atoms with Crippen molar-refractivity contribution in [2.75, 3.05) is 38.9 Å². The maximum Gasteiger partial charge on any atom is 0.232 e.